The molecule has 3 heteroatoms. The van der Waals surface area contributed by atoms with Crippen molar-refractivity contribution in [1.82, 2.24) is 0 Å². The summed E-state index contributed by atoms with van der Waals surface area (Å²) in [5, 5.41) is 0.793. The van der Waals surface area contributed by atoms with Crippen molar-refractivity contribution in [2.24, 2.45) is 11.8 Å². The number of hydrogen-bond acceptors (Lipinski definition) is 2. The van der Waals surface area contributed by atoms with Crippen molar-refractivity contribution in [3.8, 4) is 0 Å². The molecule has 2 nitrogen and oxygen atoms in total. The van der Waals surface area contributed by atoms with Gasteiger partial charge in [0.15, 0.2) is 0 Å². The highest BCUT2D eigenvalue weighted by Gasteiger charge is 2.28. The number of nitrogen functional groups attached to an aromatic ring is 1. The molecule has 3 rings (SSSR count). The molecule has 1 saturated carbocycles. The zero-order chi connectivity index (χ0) is 13.9. The highest BCUT2D eigenvalue weighted by molar-refractivity contribution is 6.33. The van der Waals surface area contributed by atoms with Crippen molar-refractivity contribution in [1.29, 1.82) is 0 Å². The lowest BCUT2D eigenvalue weighted by atomic mass is 9.76. The van der Waals surface area contributed by atoms with Crippen molar-refractivity contribution >= 4 is 23.0 Å². The third-order valence-corrected chi connectivity index (χ3v) is 5.47. The third kappa shape index (κ3) is 3.06. The summed E-state index contributed by atoms with van der Waals surface area (Å²) in [6.07, 6.45) is 9.94. The van der Waals surface area contributed by atoms with Gasteiger partial charge in [-0.05, 0) is 42.9 Å². The molecule has 0 amide bonds. The van der Waals surface area contributed by atoms with Gasteiger partial charge in [-0.1, -0.05) is 43.7 Å². The molecular weight excluding hydrogens is 268 g/mol. The van der Waals surface area contributed by atoms with Crippen molar-refractivity contribution in [3.63, 3.8) is 0 Å². The molecule has 0 unspecified atom stereocenters. The number of benzene rings is 1. The monoisotopic (exact) mass is 292 g/mol. The Bertz CT molecular complexity index is 446. The van der Waals surface area contributed by atoms with Crippen molar-refractivity contribution in [2.45, 2.75) is 44.9 Å². The van der Waals surface area contributed by atoms with Crippen molar-refractivity contribution in [2.75, 3.05) is 23.7 Å². The van der Waals surface area contributed by atoms with Crippen LogP contribution in [0.25, 0.3) is 0 Å². The molecule has 0 spiro atoms. The van der Waals surface area contributed by atoms with Gasteiger partial charge in [0.05, 0.1) is 10.7 Å². The Labute approximate surface area is 127 Å². The Morgan fingerprint density at radius 3 is 2.25 bits per heavy atom. The first-order valence-corrected chi connectivity index (χ1v) is 8.42. The fraction of sp³-hybridized carbons (Fsp3) is 0.647. The molecule has 1 aliphatic heterocycles. The van der Waals surface area contributed by atoms with E-state index >= 15 is 0 Å². The van der Waals surface area contributed by atoms with Crippen LogP contribution in [0.15, 0.2) is 18.2 Å². The van der Waals surface area contributed by atoms with E-state index in [1.807, 2.05) is 12.1 Å². The number of piperidine rings is 1. The summed E-state index contributed by atoms with van der Waals surface area (Å²) in [5.41, 5.74) is 7.68. The van der Waals surface area contributed by atoms with Gasteiger partial charge in [-0.25, -0.2) is 0 Å². The lowest BCUT2D eigenvalue weighted by molar-refractivity contribution is 0.213. The van der Waals surface area contributed by atoms with Crippen molar-refractivity contribution < 1.29 is 0 Å². The Morgan fingerprint density at radius 1 is 0.950 bits per heavy atom. The summed E-state index contributed by atoms with van der Waals surface area (Å²) in [6.45, 7) is 2.29. The summed E-state index contributed by atoms with van der Waals surface area (Å²) >= 11 is 6.33. The first-order valence-electron chi connectivity index (χ1n) is 8.04. The number of rotatable bonds is 2. The second-order valence-corrected chi connectivity index (χ2v) is 6.84. The maximum absolute atomic E-state index is 6.33. The lowest BCUT2D eigenvalue weighted by Gasteiger charge is -2.39. The van der Waals surface area contributed by atoms with Gasteiger partial charge in [-0.2, -0.15) is 0 Å². The van der Waals surface area contributed by atoms with E-state index in [0.717, 1.165) is 41.3 Å². The zero-order valence-corrected chi connectivity index (χ0v) is 12.9. The number of nitrogens with two attached hydrogens (primary N) is 1. The van der Waals surface area contributed by atoms with Crippen LogP contribution in [0.4, 0.5) is 11.4 Å². The van der Waals surface area contributed by atoms with Crippen molar-refractivity contribution in [3.05, 3.63) is 23.2 Å². The summed E-state index contributed by atoms with van der Waals surface area (Å²) in [4.78, 5) is 2.43. The normalized spacial score (nSPS) is 22.1. The van der Waals surface area contributed by atoms with E-state index in [4.69, 9.17) is 17.3 Å². The molecule has 1 saturated heterocycles. The van der Waals surface area contributed by atoms with Gasteiger partial charge in [-0.3, -0.25) is 0 Å². The fourth-order valence-electron chi connectivity index (χ4n) is 4.00. The average molecular weight is 293 g/mol. The van der Waals surface area contributed by atoms with Gasteiger partial charge in [0.25, 0.3) is 0 Å². The van der Waals surface area contributed by atoms with E-state index in [1.54, 1.807) is 0 Å². The minimum absolute atomic E-state index is 0.746. The van der Waals surface area contributed by atoms with Crippen LogP contribution >= 0.6 is 11.6 Å². The van der Waals surface area contributed by atoms with Crippen LogP contribution < -0.4 is 10.6 Å². The Morgan fingerprint density at radius 2 is 1.60 bits per heavy atom. The number of halogens is 1. The van der Waals surface area contributed by atoms with Crippen LogP contribution in [0.2, 0.25) is 5.02 Å². The quantitative estimate of drug-likeness (QED) is 0.799. The second kappa shape index (κ2) is 6.26. The maximum Gasteiger partial charge on any atom is 0.0660 e. The molecular formula is C17H25ClN2. The molecule has 0 atom stereocenters. The smallest absolute Gasteiger partial charge is 0.0660 e. The van der Waals surface area contributed by atoms with Crippen LogP contribution in [0.3, 0.4) is 0 Å². The van der Waals surface area contributed by atoms with Crippen LogP contribution in [0.5, 0.6) is 0 Å². The molecule has 2 fully saturated rings. The molecule has 110 valence electrons. The molecule has 2 aliphatic rings. The lowest BCUT2D eigenvalue weighted by Crippen LogP contribution is -2.36. The van der Waals surface area contributed by atoms with Gasteiger partial charge in [0, 0.05) is 18.8 Å². The maximum atomic E-state index is 6.33. The first-order chi connectivity index (χ1) is 9.74. The summed E-state index contributed by atoms with van der Waals surface area (Å²) in [7, 11) is 0. The molecule has 0 aromatic heterocycles. The van der Waals surface area contributed by atoms with E-state index in [2.05, 4.69) is 11.0 Å². The van der Waals surface area contributed by atoms with E-state index in [-0.39, 0.29) is 0 Å². The standard InChI is InChI=1S/C17H25ClN2/c18-16-12-15(19)6-7-17(16)20-10-8-14(9-11-20)13-4-2-1-3-5-13/h6-7,12-14H,1-5,8-11,19H2. The van der Waals surface area contributed by atoms with Gasteiger partial charge in [0.2, 0.25) is 0 Å². The molecule has 0 radical (unpaired) electrons. The second-order valence-electron chi connectivity index (χ2n) is 6.43. The predicted octanol–water partition coefficient (Wildman–Crippen LogP) is 4.72. The fourth-order valence-corrected chi connectivity index (χ4v) is 4.31. The number of nitrogens with zero attached hydrogens (tertiary/aromatic N) is 1. The SMILES string of the molecule is Nc1ccc(N2CCC(C3CCCCC3)CC2)c(Cl)c1. The highest BCUT2D eigenvalue weighted by atomic mass is 35.5. The summed E-state index contributed by atoms with van der Waals surface area (Å²) in [5.74, 6) is 1.94. The van der Waals surface area contributed by atoms with E-state index in [0.29, 0.717) is 0 Å². The van der Waals surface area contributed by atoms with Gasteiger partial charge >= 0.3 is 0 Å². The topological polar surface area (TPSA) is 29.3 Å². The van der Waals surface area contributed by atoms with Gasteiger partial charge in [0.1, 0.15) is 0 Å². The highest BCUT2D eigenvalue weighted by Crippen LogP contribution is 2.37. The van der Waals surface area contributed by atoms with Crippen LogP contribution in [0.1, 0.15) is 44.9 Å². The summed E-state index contributed by atoms with van der Waals surface area (Å²) < 4.78 is 0. The zero-order valence-electron chi connectivity index (χ0n) is 12.2. The predicted molar refractivity (Wildman–Crippen MR) is 87.4 cm³/mol. The number of anilines is 2. The first kappa shape index (κ1) is 14.1. The van der Waals surface area contributed by atoms with Crippen LogP contribution in [0, 0.1) is 11.8 Å². The third-order valence-electron chi connectivity index (χ3n) is 5.17. The molecule has 1 aromatic rings. The average Bonchev–Trinajstić information content (AvgIpc) is 2.48. The largest absolute Gasteiger partial charge is 0.399 e. The minimum Gasteiger partial charge on any atom is -0.399 e. The molecule has 1 aromatic carbocycles. The minimum atomic E-state index is 0.746. The van der Waals surface area contributed by atoms with E-state index in [1.165, 1.54) is 44.9 Å². The Kier molecular flexibility index (Phi) is 4.40. The van der Waals surface area contributed by atoms with E-state index in [9.17, 15) is 0 Å². The molecule has 0 bridgehead atoms. The molecule has 1 aliphatic carbocycles. The molecule has 20 heavy (non-hydrogen) atoms. The van der Waals surface area contributed by atoms with Gasteiger partial charge < -0.3 is 10.6 Å². The Balaban J connectivity index is 1.60. The van der Waals surface area contributed by atoms with E-state index < -0.39 is 0 Å². The van der Waals surface area contributed by atoms with Crippen LogP contribution in [-0.2, 0) is 0 Å². The summed E-state index contributed by atoms with van der Waals surface area (Å²) in [6, 6.07) is 5.89. The number of hydrogen-bond donors (Lipinski definition) is 1. The van der Waals surface area contributed by atoms with Gasteiger partial charge in [-0.15, -0.1) is 0 Å². The molecule has 1 heterocycles. The molecule has 2 N–H and O–H groups in total. The van der Waals surface area contributed by atoms with Crippen LogP contribution in [-0.4, -0.2) is 13.1 Å². The Hall–Kier alpha value is -0.890.